The maximum Gasteiger partial charge on any atom is 0.166 e. The van der Waals surface area contributed by atoms with Crippen molar-refractivity contribution < 1.29 is 0 Å². The van der Waals surface area contributed by atoms with Gasteiger partial charge in [-0.3, -0.25) is 4.40 Å². The highest BCUT2D eigenvalue weighted by Crippen LogP contribution is 2.47. The zero-order valence-electron chi connectivity index (χ0n) is 18.8. The van der Waals surface area contributed by atoms with Crippen molar-refractivity contribution in [3.8, 4) is 22.3 Å². The van der Waals surface area contributed by atoms with E-state index in [-0.39, 0.29) is 0 Å². The Balaban J connectivity index is 1.40. The van der Waals surface area contributed by atoms with Gasteiger partial charge in [-0.1, -0.05) is 36.4 Å². The van der Waals surface area contributed by atoms with Gasteiger partial charge in [0, 0.05) is 28.6 Å². The average Bonchev–Trinajstić information content (AvgIpc) is 3.58. The first kappa shape index (κ1) is 17.8. The van der Waals surface area contributed by atoms with Crippen LogP contribution < -0.4 is 0 Å². The van der Waals surface area contributed by atoms with Gasteiger partial charge in [0.25, 0.3) is 0 Å². The van der Waals surface area contributed by atoms with Crippen molar-refractivity contribution in [2.24, 2.45) is 0 Å². The van der Waals surface area contributed by atoms with Crippen LogP contribution in [0.15, 0.2) is 85.2 Å². The van der Waals surface area contributed by atoms with Gasteiger partial charge in [0.2, 0.25) is 0 Å². The van der Waals surface area contributed by atoms with E-state index in [2.05, 4.69) is 64.0 Å². The highest BCUT2D eigenvalue weighted by atomic mass is 15.1. The van der Waals surface area contributed by atoms with Crippen molar-refractivity contribution in [2.75, 3.05) is 0 Å². The summed E-state index contributed by atoms with van der Waals surface area (Å²) < 4.78 is 2.12. The van der Waals surface area contributed by atoms with Crippen LogP contribution in [0.3, 0.4) is 0 Å². The predicted octanol–water partition coefficient (Wildman–Crippen LogP) is 6.73. The van der Waals surface area contributed by atoms with Crippen LogP contribution in [0, 0.1) is 0 Å². The Labute approximate surface area is 200 Å². The number of benzene rings is 3. The van der Waals surface area contributed by atoms with Gasteiger partial charge < -0.3 is 0 Å². The topological polar surface area (TPSA) is 43.1 Å². The third-order valence-electron chi connectivity index (χ3n) is 7.91. The molecule has 4 heteroatoms. The first-order valence-electron chi connectivity index (χ1n) is 12.0. The van der Waals surface area contributed by atoms with E-state index in [1.165, 1.54) is 49.9 Å². The second kappa shape index (κ2) is 6.10. The highest BCUT2D eigenvalue weighted by molar-refractivity contribution is 6.16. The summed E-state index contributed by atoms with van der Waals surface area (Å²) in [6.45, 7) is 0. The van der Waals surface area contributed by atoms with Crippen LogP contribution in [0.25, 0.3) is 60.9 Å². The van der Waals surface area contributed by atoms with E-state index < -0.39 is 0 Å². The Morgan fingerprint density at radius 3 is 2.34 bits per heavy atom. The molecule has 0 aliphatic heterocycles. The number of nitrogens with zero attached hydrogens (tertiary/aromatic N) is 4. The molecule has 0 radical (unpaired) electrons. The summed E-state index contributed by atoms with van der Waals surface area (Å²) in [6.07, 6.45) is 5.65. The fourth-order valence-electron chi connectivity index (χ4n) is 6.46. The zero-order valence-corrected chi connectivity index (χ0v) is 18.8. The van der Waals surface area contributed by atoms with Gasteiger partial charge in [0.1, 0.15) is 16.8 Å². The second-order valence-corrected chi connectivity index (χ2v) is 9.68. The SMILES string of the molecule is c1ccc2c(c1)Cc1cc3c(cc1-2)-c1ccc2c(c1C3)c1cccnc1n1c3ncccc3nc21. The monoisotopic (exact) mass is 446 g/mol. The number of fused-ring (bicyclic) bond motifs is 15. The van der Waals surface area contributed by atoms with E-state index in [0.29, 0.717) is 0 Å². The maximum atomic E-state index is 5.00. The van der Waals surface area contributed by atoms with E-state index in [4.69, 9.17) is 9.97 Å². The Hall–Kier alpha value is -4.57. The molecule has 0 unspecified atom stereocenters. The molecule has 162 valence electrons. The predicted molar refractivity (Wildman–Crippen MR) is 140 cm³/mol. The second-order valence-electron chi connectivity index (χ2n) is 9.68. The molecule has 2 aliphatic carbocycles. The lowest BCUT2D eigenvalue weighted by atomic mass is 9.96. The smallest absolute Gasteiger partial charge is 0.166 e. The molecule has 9 rings (SSSR count). The molecular formula is C31H18N4. The van der Waals surface area contributed by atoms with Crippen LogP contribution in [-0.2, 0) is 12.8 Å². The fourth-order valence-corrected chi connectivity index (χ4v) is 6.46. The molecule has 0 spiro atoms. The molecule has 4 heterocycles. The standard InChI is InChI=1S/C31H18N4/c1-2-6-20-17(5-1)13-18-14-19-15-26-21(25(19)16-24(18)20)9-10-23-28(26)22-7-3-11-32-29(22)35-30(23)34-27-8-4-12-33-31(27)35/h1-12,14,16H,13,15H2. The van der Waals surface area contributed by atoms with Gasteiger partial charge in [0.05, 0.1) is 0 Å². The highest BCUT2D eigenvalue weighted by Gasteiger charge is 2.28. The maximum absolute atomic E-state index is 5.00. The quantitative estimate of drug-likeness (QED) is 0.243. The molecule has 0 fully saturated rings. The summed E-state index contributed by atoms with van der Waals surface area (Å²) in [7, 11) is 0. The van der Waals surface area contributed by atoms with E-state index >= 15 is 0 Å². The molecule has 35 heavy (non-hydrogen) atoms. The molecule has 0 amide bonds. The number of hydrogen-bond acceptors (Lipinski definition) is 3. The molecule has 4 nitrogen and oxygen atoms in total. The number of aromatic nitrogens is 4. The summed E-state index contributed by atoms with van der Waals surface area (Å²) in [5.74, 6) is 0. The van der Waals surface area contributed by atoms with Gasteiger partial charge in [-0.2, -0.15) is 0 Å². The molecule has 0 bridgehead atoms. The van der Waals surface area contributed by atoms with Crippen LogP contribution in [0.2, 0.25) is 0 Å². The van der Waals surface area contributed by atoms with Gasteiger partial charge in [-0.15, -0.1) is 0 Å². The third-order valence-corrected chi connectivity index (χ3v) is 7.91. The average molecular weight is 447 g/mol. The molecule has 3 aromatic carbocycles. The van der Waals surface area contributed by atoms with Crippen molar-refractivity contribution in [1.29, 1.82) is 0 Å². The summed E-state index contributed by atoms with van der Waals surface area (Å²) >= 11 is 0. The van der Waals surface area contributed by atoms with Gasteiger partial charge in [0.15, 0.2) is 5.65 Å². The number of hydrogen-bond donors (Lipinski definition) is 0. The first-order valence-corrected chi connectivity index (χ1v) is 12.0. The van der Waals surface area contributed by atoms with E-state index in [1.54, 1.807) is 0 Å². The van der Waals surface area contributed by atoms with Crippen LogP contribution in [0.1, 0.15) is 22.3 Å². The van der Waals surface area contributed by atoms with E-state index in [0.717, 1.165) is 46.1 Å². The molecular weight excluding hydrogens is 428 g/mol. The largest absolute Gasteiger partial charge is 0.260 e. The van der Waals surface area contributed by atoms with Gasteiger partial charge in [-0.05, 0) is 93.7 Å². The molecule has 0 atom stereocenters. The lowest BCUT2D eigenvalue weighted by molar-refractivity contribution is 1.19. The minimum Gasteiger partial charge on any atom is -0.260 e. The minimum atomic E-state index is 0.854. The lowest BCUT2D eigenvalue weighted by Gasteiger charge is -2.12. The van der Waals surface area contributed by atoms with Crippen LogP contribution in [-0.4, -0.2) is 19.4 Å². The van der Waals surface area contributed by atoms with Crippen molar-refractivity contribution >= 4 is 38.6 Å². The normalized spacial score (nSPS) is 13.5. The fraction of sp³-hybridized carbons (Fsp3) is 0.0645. The summed E-state index contributed by atoms with van der Waals surface area (Å²) in [5, 5.41) is 3.58. The third kappa shape index (κ3) is 2.15. The summed E-state index contributed by atoms with van der Waals surface area (Å²) in [4.78, 5) is 14.5. The Kier molecular flexibility index (Phi) is 3.11. The van der Waals surface area contributed by atoms with Gasteiger partial charge >= 0.3 is 0 Å². The zero-order chi connectivity index (χ0) is 22.7. The van der Waals surface area contributed by atoms with Crippen LogP contribution >= 0.6 is 0 Å². The lowest BCUT2D eigenvalue weighted by Crippen LogP contribution is -1.97. The number of imidazole rings is 1. The number of pyridine rings is 3. The first-order chi connectivity index (χ1) is 17.3. The van der Waals surface area contributed by atoms with Gasteiger partial charge in [-0.25, -0.2) is 15.0 Å². The van der Waals surface area contributed by atoms with Crippen molar-refractivity contribution in [1.82, 2.24) is 19.4 Å². The Bertz CT molecular complexity index is 2070. The molecule has 0 saturated carbocycles. The van der Waals surface area contributed by atoms with Crippen LogP contribution in [0.5, 0.6) is 0 Å². The molecule has 7 aromatic rings. The molecule has 0 saturated heterocycles. The number of rotatable bonds is 0. The minimum absolute atomic E-state index is 0.854. The molecule has 4 aromatic heterocycles. The van der Waals surface area contributed by atoms with Crippen molar-refractivity contribution in [2.45, 2.75) is 12.8 Å². The van der Waals surface area contributed by atoms with Crippen molar-refractivity contribution in [3.63, 3.8) is 0 Å². The van der Waals surface area contributed by atoms with E-state index in [9.17, 15) is 0 Å². The van der Waals surface area contributed by atoms with Crippen molar-refractivity contribution in [3.05, 3.63) is 107 Å². The Morgan fingerprint density at radius 2 is 1.37 bits per heavy atom. The summed E-state index contributed by atoms with van der Waals surface area (Å²) in [6, 6.07) is 26.4. The summed E-state index contributed by atoms with van der Waals surface area (Å²) in [5.41, 5.74) is 14.7. The Morgan fingerprint density at radius 1 is 0.571 bits per heavy atom. The molecule has 0 N–H and O–H groups in total. The molecule has 2 aliphatic rings. The van der Waals surface area contributed by atoms with Crippen LogP contribution in [0.4, 0.5) is 0 Å². The van der Waals surface area contributed by atoms with E-state index in [1.807, 2.05) is 30.6 Å².